The number of aliphatic hydroxyl groups is 1. The molecule has 0 aromatic rings. The summed E-state index contributed by atoms with van der Waals surface area (Å²) in [5.41, 5.74) is 0. The van der Waals surface area contributed by atoms with Crippen molar-refractivity contribution in [1.29, 1.82) is 0 Å². The highest BCUT2D eigenvalue weighted by Crippen LogP contribution is 2.03. The Kier molecular flexibility index (Phi) is 4.72. The molecule has 2 nitrogen and oxygen atoms in total. The molecule has 0 aliphatic rings. The van der Waals surface area contributed by atoms with Crippen molar-refractivity contribution in [2.24, 2.45) is 5.92 Å². The van der Waals surface area contributed by atoms with Crippen LogP contribution < -0.4 is 5.32 Å². The lowest BCUT2D eigenvalue weighted by Gasteiger charge is -2.18. The quantitative estimate of drug-likeness (QED) is 0.586. The van der Waals surface area contributed by atoms with Crippen molar-refractivity contribution in [3.63, 3.8) is 0 Å². The highest BCUT2D eigenvalue weighted by atomic mass is 16.3. The van der Waals surface area contributed by atoms with Gasteiger partial charge in [-0.15, -0.1) is 0 Å². The highest BCUT2D eigenvalue weighted by Gasteiger charge is 2.08. The van der Waals surface area contributed by atoms with Crippen molar-refractivity contribution >= 4 is 0 Å². The van der Waals surface area contributed by atoms with Gasteiger partial charge in [0.2, 0.25) is 0 Å². The Balaban J connectivity index is 3.41. The topological polar surface area (TPSA) is 32.3 Å². The first-order valence-corrected chi connectivity index (χ1v) is 3.50. The Hall–Kier alpha value is -0.0800. The maximum atomic E-state index is 8.58. The largest absolute Gasteiger partial charge is 0.396 e. The second-order valence-corrected chi connectivity index (χ2v) is 2.65. The molecule has 2 N–H and O–H groups in total. The van der Waals surface area contributed by atoms with Gasteiger partial charge in [-0.3, -0.25) is 0 Å². The number of hydrogen-bond acceptors (Lipinski definition) is 2. The summed E-state index contributed by atoms with van der Waals surface area (Å²) in [5.74, 6) is 0.613. The Morgan fingerprint density at radius 3 is 2.11 bits per heavy atom. The molecule has 0 bridgehead atoms. The summed E-state index contributed by atoms with van der Waals surface area (Å²) in [6, 6.07) is 0.468. The van der Waals surface area contributed by atoms with E-state index in [9.17, 15) is 0 Å². The van der Waals surface area contributed by atoms with Gasteiger partial charge < -0.3 is 10.4 Å². The number of aliphatic hydroxyl groups excluding tert-OH is 1. The highest BCUT2D eigenvalue weighted by molar-refractivity contribution is 4.66. The summed E-state index contributed by atoms with van der Waals surface area (Å²) in [5, 5.41) is 11.7. The molecule has 0 fully saturated rings. The van der Waals surface area contributed by atoms with Gasteiger partial charge in [0.15, 0.2) is 0 Å². The zero-order valence-electron chi connectivity index (χ0n) is 6.52. The number of nitrogens with one attached hydrogen (secondary N) is 1. The van der Waals surface area contributed by atoms with Gasteiger partial charge >= 0.3 is 0 Å². The average molecular weight is 131 g/mol. The number of hydrogen-bond donors (Lipinski definition) is 2. The fourth-order valence-electron chi connectivity index (χ4n) is 0.950. The minimum atomic E-state index is 0.281. The first-order valence-electron chi connectivity index (χ1n) is 3.50. The van der Waals surface area contributed by atoms with Crippen LogP contribution in [0, 0.1) is 5.92 Å². The molecule has 0 spiro atoms. The van der Waals surface area contributed by atoms with Crippen LogP contribution in [0.2, 0.25) is 0 Å². The summed E-state index contributed by atoms with van der Waals surface area (Å²) >= 11 is 0. The van der Waals surface area contributed by atoms with E-state index >= 15 is 0 Å². The lowest BCUT2D eigenvalue weighted by atomic mass is 10.0. The Labute approximate surface area is 57.3 Å². The van der Waals surface area contributed by atoms with E-state index in [-0.39, 0.29) is 6.61 Å². The van der Waals surface area contributed by atoms with Gasteiger partial charge in [0.05, 0.1) is 0 Å². The third kappa shape index (κ3) is 3.49. The predicted octanol–water partition coefficient (Wildman–Crippen LogP) is 0.613. The monoisotopic (exact) mass is 131 g/mol. The molecule has 0 saturated carbocycles. The van der Waals surface area contributed by atoms with Crippen molar-refractivity contribution in [1.82, 2.24) is 5.32 Å². The molecule has 0 rings (SSSR count). The minimum absolute atomic E-state index is 0.281. The van der Waals surface area contributed by atoms with Gasteiger partial charge in [0.25, 0.3) is 0 Å². The average Bonchev–Trinajstić information content (AvgIpc) is 1.82. The summed E-state index contributed by atoms with van der Waals surface area (Å²) in [6.45, 7) is 4.58. The molecule has 0 heterocycles. The SMILES string of the molecule is CNC(CCO)C(C)C. The van der Waals surface area contributed by atoms with E-state index in [2.05, 4.69) is 19.2 Å². The fourth-order valence-corrected chi connectivity index (χ4v) is 0.950. The molecule has 9 heavy (non-hydrogen) atoms. The molecule has 1 atom stereocenters. The molecular formula is C7H17NO. The van der Waals surface area contributed by atoms with Crippen molar-refractivity contribution in [3.05, 3.63) is 0 Å². The van der Waals surface area contributed by atoms with Crippen molar-refractivity contribution < 1.29 is 5.11 Å². The van der Waals surface area contributed by atoms with Crippen molar-refractivity contribution in [2.75, 3.05) is 13.7 Å². The Morgan fingerprint density at radius 1 is 1.44 bits per heavy atom. The van der Waals surface area contributed by atoms with Crippen LogP contribution in [-0.4, -0.2) is 24.8 Å². The van der Waals surface area contributed by atoms with E-state index in [4.69, 9.17) is 5.11 Å². The zero-order chi connectivity index (χ0) is 7.28. The van der Waals surface area contributed by atoms with Gasteiger partial charge in [-0.25, -0.2) is 0 Å². The summed E-state index contributed by atoms with van der Waals surface area (Å²) < 4.78 is 0. The first kappa shape index (κ1) is 8.92. The molecule has 0 aliphatic carbocycles. The number of rotatable bonds is 4. The van der Waals surface area contributed by atoms with E-state index in [0.717, 1.165) is 6.42 Å². The molecular weight excluding hydrogens is 114 g/mol. The van der Waals surface area contributed by atoms with Gasteiger partial charge in [-0.05, 0) is 19.4 Å². The maximum Gasteiger partial charge on any atom is 0.0445 e. The van der Waals surface area contributed by atoms with Gasteiger partial charge in [-0.1, -0.05) is 13.8 Å². The molecule has 56 valence electrons. The third-order valence-corrected chi connectivity index (χ3v) is 1.62. The molecule has 0 aliphatic heterocycles. The van der Waals surface area contributed by atoms with Crippen molar-refractivity contribution in [3.8, 4) is 0 Å². The van der Waals surface area contributed by atoms with Gasteiger partial charge in [0, 0.05) is 12.6 Å². The van der Waals surface area contributed by atoms with Crippen LogP contribution in [0.25, 0.3) is 0 Å². The zero-order valence-corrected chi connectivity index (χ0v) is 6.52. The molecule has 0 aromatic carbocycles. The molecule has 2 heteroatoms. The first-order chi connectivity index (χ1) is 4.22. The van der Waals surface area contributed by atoms with Crippen LogP contribution in [-0.2, 0) is 0 Å². The third-order valence-electron chi connectivity index (χ3n) is 1.62. The smallest absolute Gasteiger partial charge is 0.0445 e. The molecule has 1 unspecified atom stereocenters. The maximum absolute atomic E-state index is 8.58. The Bertz CT molecular complexity index is 63.9. The summed E-state index contributed by atoms with van der Waals surface area (Å²) in [4.78, 5) is 0. The predicted molar refractivity (Wildman–Crippen MR) is 39.4 cm³/mol. The van der Waals surface area contributed by atoms with Crippen LogP contribution in [0.3, 0.4) is 0 Å². The van der Waals surface area contributed by atoms with E-state index in [1.807, 2.05) is 7.05 Å². The van der Waals surface area contributed by atoms with Crippen LogP contribution in [0.5, 0.6) is 0 Å². The van der Waals surface area contributed by atoms with E-state index in [0.29, 0.717) is 12.0 Å². The molecule has 0 saturated heterocycles. The standard InChI is InChI=1S/C7H17NO/c1-6(2)7(8-3)4-5-9/h6-9H,4-5H2,1-3H3. The lowest BCUT2D eigenvalue weighted by molar-refractivity contribution is 0.249. The van der Waals surface area contributed by atoms with E-state index in [1.54, 1.807) is 0 Å². The Morgan fingerprint density at radius 2 is 2.00 bits per heavy atom. The van der Waals surface area contributed by atoms with Crippen LogP contribution in [0.4, 0.5) is 0 Å². The molecule has 0 amide bonds. The lowest BCUT2D eigenvalue weighted by Crippen LogP contribution is -2.31. The van der Waals surface area contributed by atoms with Crippen molar-refractivity contribution in [2.45, 2.75) is 26.3 Å². The van der Waals surface area contributed by atoms with Crippen LogP contribution in [0.15, 0.2) is 0 Å². The molecule has 0 radical (unpaired) electrons. The summed E-state index contributed by atoms with van der Waals surface area (Å²) in [7, 11) is 1.93. The normalized spacial score (nSPS) is 14.3. The van der Waals surface area contributed by atoms with E-state index < -0.39 is 0 Å². The summed E-state index contributed by atoms with van der Waals surface area (Å²) in [6.07, 6.45) is 0.855. The minimum Gasteiger partial charge on any atom is -0.396 e. The van der Waals surface area contributed by atoms with Gasteiger partial charge in [-0.2, -0.15) is 0 Å². The fraction of sp³-hybridized carbons (Fsp3) is 1.00. The second-order valence-electron chi connectivity index (χ2n) is 2.65. The van der Waals surface area contributed by atoms with Gasteiger partial charge in [0.1, 0.15) is 0 Å². The molecule has 0 aromatic heterocycles. The van der Waals surface area contributed by atoms with Crippen LogP contribution >= 0.6 is 0 Å². The second kappa shape index (κ2) is 4.77. The van der Waals surface area contributed by atoms with E-state index in [1.165, 1.54) is 0 Å². The van der Waals surface area contributed by atoms with Crippen LogP contribution in [0.1, 0.15) is 20.3 Å².